The molecule has 1 aliphatic carbocycles. The molecule has 3 unspecified atom stereocenters. The Morgan fingerprint density at radius 3 is 2.57 bits per heavy atom. The second-order valence-electron chi connectivity index (χ2n) is 6.93. The summed E-state index contributed by atoms with van der Waals surface area (Å²) < 4.78 is 5.85. The molecule has 4 nitrogen and oxygen atoms in total. The molecular formula is C15H29ClN2O2S. The zero-order valence-corrected chi connectivity index (χ0v) is 15.2. The van der Waals surface area contributed by atoms with Crippen LogP contribution < -0.4 is 11.1 Å². The Kier molecular flexibility index (Phi) is 6.04. The number of thioether (sulfide) groups is 1. The Morgan fingerprint density at radius 2 is 2.10 bits per heavy atom. The van der Waals surface area contributed by atoms with Gasteiger partial charge in [0.15, 0.2) is 0 Å². The monoisotopic (exact) mass is 336 g/mol. The van der Waals surface area contributed by atoms with E-state index in [-0.39, 0.29) is 34.6 Å². The average Bonchev–Trinajstić information content (AvgIpc) is 2.83. The maximum Gasteiger partial charge on any atom is 0.240 e. The lowest BCUT2D eigenvalue weighted by Crippen LogP contribution is -2.76. The summed E-state index contributed by atoms with van der Waals surface area (Å²) in [7, 11) is 0. The maximum atomic E-state index is 12.5. The molecule has 0 spiro atoms. The van der Waals surface area contributed by atoms with Crippen LogP contribution >= 0.6 is 24.2 Å². The Hall–Kier alpha value is 0.0300. The Balaban J connectivity index is 0.00000220. The predicted octanol–water partition coefficient (Wildman–Crippen LogP) is 2.34. The third kappa shape index (κ3) is 3.36. The summed E-state index contributed by atoms with van der Waals surface area (Å²) in [5.74, 6) is 1.17. The van der Waals surface area contributed by atoms with Crippen molar-refractivity contribution in [1.29, 1.82) is 0 Å². The smallest absolute Gasteiger partial charge is 0.240 e. The fourth-order valence-corrected chi connectivity index (χ4v) is 4.47. The van der Waals surface area contributed by atoms with Crippen molar-refractivity contribution in [1.82, 2.24) is 5.32 Å². The SMILES string of the molecule is CCOC1CC(N)(C(=O)NCC2(C)CCCS2)C1(C)C.Cl. The number of hydrogen-bond donors (Lipinski definition) is 2. The van der Waals surface area contributed by atoms with Gasteiger partial charge < -0.3 is 15.8 Å². The number of hydrogen-bond acceptors (Lipinski definition) is 4. The number of carbonyl (C=O) groups is 1. The standard InChI is InChI=1S/C15H28N2O2S.ClH/c1-5-19-11-9-15(16,13(11,2)3)12(18)17-10-14(4)7-6-8-20-14;/h11H,5-10,16H2,1-4H3,(H,17,18);1H. The molecule has 2 rings (SSSR count). The van der Waals surface area contributed by atoms with Crippen LogP contribution in [0.1, 0.15) is 47.0 Å². The first-order valence-electron chi connectivity index (χ1n) is 7.58. The zero-order chi connectivity index (χ0) is 15.0. The van der Waals surface area contributed by atoms with Crippen LogP contribution in [-0.2, 0) is 9.53 Å². The van der Waals surface area contributed by atoms with Crippen molar-refractivity contribution in [2.45, 2.75) is 63.3 Å². The minimum absolute atomic E-state index is 0. The Labute approximate surface area is 138 Å². The summed E-state index contributed by atoms with van der Waals surface area (Å²) in [6.45, 7) is 9.64. The molecule has 3 atom stereocenters. The minimum atomic E-state index is -0.799. The molecular weight excluding hydrogens is 308 g/mol. The number of carbonyl (C=O) groups excluding carboxylic acids is 1. The van der Waals surface area contributed by atoms with Crippen molar-refractivity contribution in [3.63, 3.8) is 0 Å². The normalized spacial score (nSPS) is 37.5. The second kappa shape index (κ2) is 6.65. The first-order valence-corrected chi connectivity index (χ1v) is 8.56. The third-order valence-electron chi connectivity index (χ3n) is 5.16. The highest BCUT2D eigenvalue weighted by molar-refractivity contribution is 8.00. The van der Waals surface area contributed by atoms with E-state index in [1.54, 1.807) is 0 Å². The van der Waals surface area contributed by atoms with Crippen LogP contribution in [0.15, 0.2) is 0 Å². The van der Waals surface area contributed by atoms with Crippen molar-refractivity contribution in [2.24, 2.45) is 11.1 Å². The lowest BCUT2D eigenvalue weighted by Gasteiger charge is -2.57. The van der Waals surface area contributed by atoms with Crippen molar-refractivity contribution >= 4 is 30.1 Å². The van der Waals surface area contributed by atoms with Gasteiger partial charge >= 0.3 is 0 Å². The predicted molar refractivity (Wildman–Crippen MR) is 91.1 cm³/mol. The van der Waals surface area contributed by atoms with Crippen LogP contribution in [0.4, 0.5) is 0 Å². The van der Waals surface area contributed by atoms with E-state index in [9.17, 15) is 4.79 Å². The molecule has 0 aromatic rings. The minimum Gasteiger partial charge on any atom is -0.378 e. The van der Waals surface area contributed by atoms with Gasteiger partial charge in [-0.2, -0.15) is 11.8 Å². The number of rotatable bonds is 5. The molecule has 0 aromatic carbocycles. The number of nitrogens with two attached hydrogens (primary N) is 1. The second-order valence-corrected chi connectivity index (χ2v) is 8.61. The van der Waals surface area contributed by atoms with Crippen molar-refractivity contribution in [3.8, 4) is 0 Å². The van der Waals surface area contributed by atoms with Crippen LogP contribution in [0.3, 0.4) is 0 Å². The van der Waals surface area contributed by atoms with E-state index in [0.29, 0.717) is 19.6 Å². The lowest BCUT2D eigenvalue weighted by molar-refractivity contribution is -0.170. The molecule has 1 amide bonds. The molecule has 124 valence electrons. The van der Waals surface area contributed by atoms with E-state index in [4.69, 9.17) is 10.5 Å². The van der Waals surface area contributed by atoms with Crippen LogP contribution in [0.5, 0.6) is 0 Å². The van der Waals surface area contributed by atoms with Crippen LogP contribution in [0.2, 0.25) is 0 Å². The highest BCUT2D eigenvalue weighted by atomic mass is 35.5. The van der Waals surface area contributed by atoms with Crippen LogP contribution in [0, 0.1) is 5.41 Å². The fraction of sp³-hybridized carbons (Fsp3) is 0.933. The molecule has 2 fully saturated rings. The summed E-state index contributed by atoms with van der Waals surface area (Å²) in [6.07, 6.45) is 3.10. The average molecular weight is 337 g/mol. The summed E-state index contributed by atoms with van der Waals surface area (Å²) >= 11 is 1.95. The van der Waals surface area contributed by atoms with Gasteiger partial charge in [0.1, 0.15) is 5.54 Å². The van der Waals surface area contributed by atoms with Gasteiger partial charge in [-0.3, -0.25) is 4.79 Å². The number of ether oxygens (including phenoxy) is 1. The van der Waals surface area contributed by atoms with Gasteiger partial charge in [0, 0.05) is 29.7 Å². The molecule has 2 aliphatic rings. The van der Waals surface area contributed by atoms with Gasteiger partial charge in [-0.05, 0) is 32.4 Å². The molecule has 21 heavy (non-hydrogen) atoms. The van der Waals surface area contributed by atoms with Gasteiger partial charge in [-0.15, -0.1) is 12.4 Å². The molecule has 1 heterocycles. The van der Waals surface area contributed by atoms with E-state index < -0.39 is 5.54 Å². The van der Waals surface area contributed by atoms with E-state index in [2.05, 4.69) is 12.2 Å². The molecule has 3 N–H and O–H groups in total. The third-order valence-corrected chi connectivity index (χ3v) is 6.70. The van der Waals surface area contributed by atoms with E-state index in [0.717, 1.165) is 0 Å². The van der Waals surface area contributed by atoms with Gasteiger partial charge in [0.05, 0.1) is 6.10 Å². The molecule has 1 saturated heterocycles. The molecule has 6 heteroatoms. The highest BCUT2D eigenvalue weighted by Gasteiger charge is 2.62. The Bertz CT molecular complexity index is 386. The van der Waals surface area contributed by atoms with E-state index in [1.165, 1.54) is 18.6 Å². The van der Waals surface area contributed by atoms with Gasteiger partial charge in [0.25, 0.3) is 0 Å². The largest absolute Gasteiger partial charge is 0.378 e. The van der Waals surface area contributed by atoms with Gasteiger partial charge in [0.2, 0.25) is 5.91 Å². The van der Waals surface area contributed by atoms with Crippen molar-refractivity contribution in [2.75, 3.05) is 18.9 Å². The molecule has 0 aromatic heterocycles. The first-order chi connectivity index (χ1) is 9.25. The fourth-order valence-electron chi connectivity index (χ4n) is 3.22. The first kappa shape index (κ1) is 19.1. The van der Waals surface area contributed by atoms with Gasteiger partial charge in [-0.25, -0.2) is 0 Å². The quantitative estimate of drug-likeness (QED) is 0.808. The summed E-state index contributed by atoms with van der Waals surface area (Å²) in [5, 5.41) is 3.09. The molecule has 0 radical (unpaired) electrons. The number of halogens is 1. The van der Waals surface area contributed by atoms with Crippen molar-refractivity contribution in [3.05, 3.63) is 0 Å². The highest BCUT2D eigenvalue weighted by Crippen LogP contribution is 2.50. The summed E-state index contributed by atoms with van der Waals surface area (Å²) in [4.78, 5) is 12.5. The van der Waals surface area contributed by atoms with Crippen molar-refractivity contribution < 1.29 is 9.53 Å². The number of nitrogens with one attached hydrogen (secondary N) is 1. The molecule has 1 saturated carbocycles. The van der Waals surface area contributed by atoms with Gasteiger partial charge in [-0.1, -0.05) is 13.8 Å². The van der Waals surface area contributed by atoms with E-state index in [1.807, 2.05) is 32.5 Å². The topological polar surface area (TPSA) is 64.3 Å². The Morgan fingerprint density at radius 1 is 1.43 bits per heavy atom. The molecule has 0 bridgehead atoms. The van der Waals surface area contributed by atoms with Crippen LogP contribution in [-0.4, -0.2) is 41.2 Å². The van der Waals surface area contributed by atoms with E-state index >= 15 is 0 Å². The zero-order valence-electron chi connectivity index (χ0n) is 13.5. The summed E-state index contributed by atoms with van der Waals surface area (Å²) in [5.41, 5.74) is 5.27. The lowest BCUT2D eigenvalue weighted by atomic mass is 9.54. The maximum absolute atomic E-state index is 12.5. The summed E-state index contributed by atoms with van der Waals surface area (Å²) in [6, 6.07) is 0. The van der Waals surface area contributed by atoms with Crippen LogP contribution in [0.25, 0.3) is 0 Å². The number of amides is 1. The molecule has 1 aliphatic heterocycles.